The van der Waals surface area contributed by atoms with Gasteiger partial charge in [-0.2, -0.15) is 0 Å². The van der Waals surface area contributed by atoms with Crippen molar-refractivity contribution in [1.29, 1.82) is 0 Å². The van der Waals surface area contributed by atoms with Crippen LogP contribution in [-0.4, -0.2) is 28.2 Å². The van der Waals surface area contributed by atoms with Gasteiger partial charge in [-0.15, -0.1) is 10.2 Å². The van der Waals surface area contributed by atoms with Crippen LogP contribution in [0.15, 0.2) is 71.1 Å². The number of rotatable bonds is 6. The number of nitrogens with zero attached hydrogens (tertiary/aromatic N) is 2. The zero-order valence-corrected chi connectivity index (χ0v) is 18.2. The topological polar surface area (TPSA) is 94.3 Å². The van der Waals surface area contributed by atoms with Gasteiger partial charge in [-0.25, -0.2) is 13.6 Å². The summed E-state index contributed by atoms with van der Waals surface area (Å²) in [5.41, 5.74) is 1.96. The Morgan fingerprint density at radius 3 is 2.24 bits per heavy atom. The molecule has 1 heterocycles. The van der Waals surface area contributed by atoms with E-state index in [-0.39, 0.29) is 11.5 Å². The first-order chi connectivity index (χ1) is 16.3. The van der Waals surface area contributed by atoms with Crippen molar-refractivity contribution in [3.8, 4) is 22.9 Å². The van der Waals surface area contributed by atoms with Crippen LogP contribution in [0.2, 0.25) is 0 Å². The molecule has 1 amide bonds. The summed E-state index contributed by atoms with van der Waals surface area (Å²) in [6, 6.07) is 17.0. The van der Waals surface area contributed by atoms with Gasteiger partial charge in [-0.1, -0.05) is 24.3 Å². The molecule has 1 N–H and O–H groups in total. The number of esters is 1. The van der Waals surface area contributed by atoms with Crippen molar-refractivity contribution in [2.75, 3.05) is 5.32 Å². The molecule has 4 rings (SSSR count). The lowest BCUT2D eigenvalue weighted by molar-refractivity contribution is -0.123. The predicted octanol–water partition coefficient (Wildman–Crippen LogP) is 5.17. The minimum Gasteiger partial charge on any atom is -0.449 e. The van der Waals surface area contributed by atoms with Crippen LogP contribution in [-0.2, 0) is 9.53 Å². The Kier molecular flexibility index (Phi) is 6.44. The average molecular weight is 463 g/mol. The molecule has 1 atom stereocenters. The minimum atomic E-state index is -1.29. The SMILES string of the molecule is Cc1ccccc1-c1nnc(-c2ccc(C(=O)OC(C)C(=O)Nc3c(F)cccc3F)cc2)o1. The summed E-state index contributed by atoms with van der Waals surface area (Å²) < 4.78 is 38.3. The van der Waals surface area contributed by atoms with Crippen LogP contribution >= 0.6 is 0 Å². The van der Waals surface area contributed by atoms with Crippen LogP contribution < -0.4 is 5.32 Å². The fraction of sp³-hybridized carbons (Fsp3) is 0.120. The fourth-order valence-corrected chi connectivity index (χ4v) is 3.13. The van der Waals surface area contributed by atoms with Crippen molar-refractivity contribution in [3.63, 3.8) is 0 Å². The Morgan fingerprint density at radius 2 is 1.56 bits per heavy atom. The number of ether oxygens (including phenoxy) is 1. The van der Waals surface area contributed by atoms with E-state index in [0.717, 1.165) is 23.3 Å². The Labute approximate surface area is 193 Å². The van der Waals surface area contributed by atoms with Crippen LogP contribution in [0.25, 0.3) is 22.9 Å². The lowest BCUT2D eigenvalue weighted by Crippen LogP contribution is -2.30. The van der Waals surface area contributed by atoms with E-state index in [4.69, 9.17) is 9.15 Å². The van der Waals surface area contributed by atoms with E-state index in [2.05, 4.69) is 15.5 Å². The van der Waals surface area contributed by atoms with E-state index in [9.17, 15) is 18.4 Å². The second kappa shape index (κ2) is 9.62. The molecule has 1 aromatic heterocycles. The van der Waals surface area contributed by atoms with Gasteiger partial charge >= 0.3 is 5.97 Å². The molecule has 0 aliphatic rings. The largest absolute Gasteiger partial charge is 0.449 e. The quantitative estimate of drug-likeness (QED) is 0.396. The van der Waals surface area contributed by atoms with Gasteiger partial charge in [0.1, 0.15) is 17.3 Å². The molecule has 0 fully saturated rings. The van der Waals surface area contributed by atoms with Gasteiger partial charge in [0.05, 0.1) is 5.56 Å². The fourth-order valence-electron chi connectivity index (χ4n) is 3.13. The maximum absolute atomic E-state index is 13.7. The molecule has 0 aliphatic carbocycles. The number of aromatic nitrogens is 2. The first kappa shape index (κ1) is 22.8. The molecule has 4 aromatic rings. The summed E-state index contributed by atoms with van der Waals surface area (Å²) in [7, 11) is 0. The third kappa shape index (κ3) is 4.83. The number of amides is 1. The maximum Gasteiger partial charge on any atom is 0.338 e. The second-order valence-electron chi connectivity index (χ2n) is 7.44. The highest BCUT2D eigenvalue weighted by Gasteiger charge is 2.22. The van der Waals surface area contributed by atoms with Gasteiger partial charge in [-0.05, 0) is 61.9 Å². The summed E-state index contributed by atoms with van der Waals surface area (Å²) in [6.07, 6.45) is -1.29. The molecule has 7 nitrogen and oxygen atoms in total. The van der Waals surface area contributed by atoms with Crippen molar-refractivity contribution in [2.24, 2.45) is 0 Å². The van der Waals surface area contributed by atoms with Gasteiger partial charge in [0, 0.05) is 11.1 Å². The predicted molar refractivity (Wildman–Crippen MR) is 120 cm³/mol. The third-order valence-corrected chi connectivity index (χ3v) is 5.03. The standard InChI is InChI=1S/C25H19F2N3O4/c1-14-6-3-4-7-18(14)24-30-29-23(34-24)16-10-12-17(13-11-16)25(32)33-15(2)22(31)28-21-19(26)8-5-9-20(21)27/h3-13,15H,1-2H3,(H,28,31). The van der Waals surface area contributed by atoms with Gasteiger partial charge in [0.25, 0.3) is 5.91 Å². The van der Waals surface area contributed by atoms with Crippen LogP contribution in [0.3, 0.4) is 0 Å². The lowest BCUT2D eigenvalue weighted by Gasteiger charge is -2.14. The number of para-hydroxylation sites is 1. The van der Waals surface area contributed by atoms with E-state index >= 15 is 0 Å². The summed E-state index contributed by atoms with van der Waals surface area (Å²) in [6.45, 7) is 3.24. The van der Waals surface area contributed by atoms with E-state index in [1.165, 1.54) is 25.1 Å². The second-order valence-corrected chi connectivity index (χ2v) is 7.44. The Hall–Kier alpha value is -4.40. The van der Waals surface area contributed by atoms with Crippen LogP contribution in [0.4, 0.5) is 14.5 Å². The minimum absolute atomic E-state index is 0.166. The van der Waals surface area contributed by atoms with Gasteiger partial charge in [-0.3, -0.25) is 4.79 Å². The van der Waals surface area contributed by atoms with Crippen LogP contribution in [0, 0.1) is 18.6 Å². The van der Waals surface area contributed by atoms with Crippen molar-refractivity contribution >= 4 is 17.6 Å². The lowest BCUT2D eigenvalue weighted by atomic mass is 10.1. The summed E-state index contributed by atoms with van der Waals surface area (Å²) in [5, 5.41) is 10.2. The number of aryl methyl sites for hydroxylation is 1. The van der Waals surface area contributed by atoms with Gasteiger partial charge < -0.3 is 14.5 Å². The molecule has 0 saturated heterocycles. The molecule has 3 aromatic carbocycles. The van der Waals surface area contributed by atoms with Crippen molar-refractivity contribution in [3.05, 3.63) is 89.5 Å². The van der Waals surface area contributed by atoms with Crippen molar-refractivity contribution < 1.29 is 27.5 Å². The number of anilines is 1. The number of hydrogen-bond donors (Lipinski definition) is 1. The van der Waals surface area contributed by atoms with Crippen molar-refractivity contribution in [2.45, 2.75) is 20.0 Å². The number of hydrogen-bond acceptors (Lipinski definition) is 6. The molecule has 172 valence electrons. The highest BCUT2D eigenvalue weighted by molar-refractivity contribution is 5.97. The van der Waals surface area contributed by atoms with Gasteiger partial charge in [0.2, 0.25) is 11.8 Å². The van der Waals surface area contributed by atoms with Gasteiger partial charge in [0.15, 0.2) is 6.10 Å². The Morgan fingerprint density at radius 1 is 0.912 bits per heavy atom. The summed E-state index contributed by atoms with van der Waals surface area (Å²) in [4.78, 5) is 24.6. The van der Waals surface area contributed by atoms with E-state index in [0.29, 0.717) is 11.5 Å². The number of carbonyl (C=O) groups is 2. The molecule has 1 unspecified atom stereocenters. The zero-order chi connectivity index (χ0) is 24.2. The van der Waals surface area contributed by atoms with Crippen molar-refractivity contribution in [1.82, 2.24) is 10.2 Å². The molecule has 0 aliphatic heterocycles. The molecular weight excluding hydrogens is 444 g/mol. The highest BCUT2D eigenvalue weighted by atomic mass is 19.1. The smallest absolute Gasteiger partial charge is 0.338 e. The number of carbonyl (C=O) groups excluding carboxylic acids is 2. The number of benzene rings is 3. The molecule has 0 spiro atoms. The molecule has 0 radical (unpaired) electrons. The summed E-state index contributed by atoms with van der Waals surface area (Å²) in [5.74, 6) is -2.87. The highest BCUT2D eigenvalue weighted by Crippen LogP contribution is 2.26. The summed E-state index contributed by atoms with van der Waals surface area (Å²) >= 11 is 0. The molecule has 0 saturated carbocycles. The van der Waals surface area contributed by atoms with E-state index in [1.807, 2.05) is 31.2 Å². The first-order valence-electron chi connectivity index (χ1n) is 10.3. The Balaban J connectivity index is 1.41. The maximum atomic E-state index is 13.7. The van der Waals surface area contributed by atoms with E-state index in [1.54, 1.807) is 12.1 Å². The third-order valence-electron chi connectivity index (χ3n) is 5.03. The monoisotopic (exact) mass is 463 g/mol. The molecular formula is C25H19F2N3O4. The molecule has 9 heteroatoms. The zero-order valence-electron chi connectivity index (χ0n) is 18.2. The Bertz CT molecular complexity index is 1330. The number of nitrogens with one attached hydrogen (secondary N) is 1. The number of halogens is 2. The first-order valence-corrected chi connectivity index (χ1v) is 10.3. The normalized spacial score (nSPS) is 11.6. The van der Waals surface area contributed by atoms with Crippen LogP contribution in [0.5, 0.6) is 0 Å². The van der Waals surface area contributed by atoms with Crippen LogP contribution in [0.1, 0.15) is 22.8 Å². The average Bonchev–Trinajstić information content (AvgIpc) is 3.32. The molecule has 0 bridgehead atoms. The van der Waals surface area contributed by atoms with E-state index < -0.39 is 35.3 Å². The molecule has 34 heavy (non-hydrogen) atoms.